The Labute approximate surface area is 125 Å². The van der Waals surface area contributed by atoms with Crippen molar-refractivity contribution in [3.8, 4) is 0 Å². The van der Waals surface area contributed by atoms with E-state index in [9.17, 15) is 5.11 Å². The van der Waals surface area contributed by atoms with E-state index >= 15 is 0 Å². The molecule has 4 atom stereocenters. The van der Waals surface area contributed by atoms with Crippen molar-refractivity contribution in [1.29, 1.82) is 0 Å². The molecule has 0 aliphatic carbocycles. The van der Waals surface area contributed by atoms with Gasteiger partial charge in [0.15, 0.2) is 0 Å². The molecule has 1 aliphatic heterocycles. The second-order valence-electron chi connectivity index (χ2n) is 6.18. The van der Waals surface area contributed by atoms with Gasteiger partial charge in [-0.05, 0) is 44.0 Å². The highest BCUT2D eigenvalue weighted by Crippen LogP contribution is 2.45. The monoisotopic (exact) mass is 289 g/mol. The summed E-state index contributed by atoms with van der Waals surface area (Å²) in [5, 5.41) is 14.6. The summed E-state index contributed by atoms with van der Waals surface area (Å²) in [6.45, 7) is 4.08. The van der Waals surface area contributed by atoms with Crippen LogP contribution in [0.15, 0.2) is 45.6 Å². The Morgan fingerprint density at radius 1 is 1.24 bits per heavy atom. The van der Waals surface area contributed by atoms with Crippen molar-refractivity contribution < 1.29 is 13.9 Å². The first kappa shape index (κ1) is 14.4. The minimum atomic E-state index is -0.754. The van der Waals surface area contributed by atoms with Crippen molar-refractivity contribution >= 4 is 0 Å². The summed E-state index contributed by atoms with van der Waals surface area (Å²) >= 11 is 0. The first-order valence-corrected chi connectivity index (χ1v) is 7.67. The Kier molecular flexibility index (Phi) is 3.91. The molecule has 0 amide bonds. The standard InChI is InChI=1S/C17H23NO3/c1-3-6-12-16(15-8-5-10-21-15)18-13(11-17(12,2)19)14-7-4-9-20-14/h4-5,7-10,12-13,16,18-19H,3,6,11H2,1-2H3/t12-,13-,16-,17+/m0/s1. The van der Waals surface area contributed by atoms with Gasteiger partial charge in [-0.15, -0.1) is 0 Å². The van der Waals surface area contributed by atoms with Gasteiger partial charge in [-0.25, -0.2) is 0 Å². The van der Waals surface area contributed by atoms with Crippen molar-refractivity contribution in [3.05, 3.63) is 48.3 Å². The van der Waals surface area contributed by atoms with Crippen molar-refractivity contribution in [1.82, 2.24) is 5.32 Å². The second kappa shape index (κ2) is 5.70. The summed E-state index contributed by atoms with van der Waals surface area (Å²) in [7, 11) is 0. The van der Waals surface area contributed by atoms with Crippen molar-refractivity contribution in [3.63, 3.8) is 0 Å². The fourth-order valence-electron chi connectivity index (χ4n) is 3.53. The molecular formula is C17H23NO3. The lowest BCUT2D eigenvalue weighted by Crippen LogP contribution is -2.51. The third-order valence-corrected chi connectivity index (χ3v) is 4.54. The van der Waals surface area contributed by atoms with Crippen LogP contribution >= 0.6 is 0 Å². The lowest BCUT2D eigenvalue weighted by Gasteiger charge is -2.45. The largest absolute Gasteiger partial charge is 0.468 e. The summed E-state index contributed by atoms with van der Waals surface area (Å²) in [5.74, 6) is 1.87. The van der Waals surface area contributed by atoms with Gasteiger partial charge in [0.2, 0.25) is 0 Å². The second-order valence-corrected chi connectivity index (χ2v) is 6.18. The number of hydrogen-bond donors (Lipinski definition) is 2. The molecule has 1 fully saturated rings. The Bertz CT molecular complexity index is 545. The van der Waals surface area contributed by atoms with E-state index in [0.29, 0.717) is 6.42 Å². The highest BCUT2D eigenvalue weighted by molar-refractivity contribution is 5.16. The van der Waals surface area contributed by atoms with Crippen molar-refractivity contribution in [2.75, 3.05) is 0 Å². The molecule has 0 spiro atoms. The van der Waals surface area contributed by atoms with Gasteiger partial charge in [0, 0.05) is 5.92 Å². The van der Waals surface area contributed by atoms with E-state index in [2.05, 4.69) is 12.2 Å². The lowest BCUT2D eigenvalue weighted by atomic mass is 9.72. The van der Waals surface area contributed by atoms with Crippen LogP contribution in [0.2, 0.25) is 0 Å². The summed E-state index contributed by atoms with van der Waals surface area (Å²) in [6, 6.07) is 7.70. The minimum absolute atomic E-state index is 0.00111. The Morgan fingerprint density at radius 2 is 1.90 bits per heavy atom. The van der Waals surface area contributed by atoms with E-state index in [-0.39, 0.29) is 18.0 Å². The highest BCUT2D eigenvalue weighted by atomic mass is 16.3. The molecule has 1 saturated heterocycles. The van der Waals surface area contributed by atoms with E-state index < -0.39 is 5.60 Å². The topological polar surface area (TPSA) is 58.5 Å². The van der Waals surface area contributed by atoms with Crippen LogP contribution in [0.25, 0.3) is 0 Å². The molecule has 2 aromatic heterocycles. The van der Waals surface area contributed by atoms with E-state index in [4.69, 9.17) is 8.83 Å². The predicted octanol–water partition coefficient (Wildman–Crippen LogP) is 3.82. The van der Waals surface area contributed by atoms with Gasteiger partial charge in [0.1, 0.15) is 11.5 Å². The number of piperidine rings is 1. The average Bonchev–Trinajstić information content (AvgIpc) is 3.13. The zero-order chi connectivity index (χ0) is 14.9. The Hall–Kier alpha value is -1.52. The third-order valence-electron chi connectivity index (χ3n) is 4.54. The number of furan rings is 2. The molecule has 21 heavy (non-hydrogen) atoms. The smallest absolute Gasteiger partial charge is 0.121 e. The maximum Gasteiger partial charge on any atom is 0.121 e. The molecule has 1 aliphatic rings. The molecule has 2 aromatic rings. The van der Waals surface area contributed by atoms with Gasteiger partial charge in [0.05, 0.1) is 30.2 Å². The molecule has 3 rings (SSSR count). The molecule has 4 nitrogen and oxygen atoms in total. The van der Waals surface area contributed by atoms with Crippen LogP contribution in [-0.2, 0) is 0 Å². The Balaban J connectivity index is 1.92. The first-order chi connectivity index (χ1) is 10.1. The van der Waals surface area contributed by atoms with Crippen molar-refractivity contribution in [2.24, 2.45) is 5.92 Å². The van der Waals surface area contributed by atoms with Crippen LogP contribution in [-0.4, -0.2) is 10.7 Å². The lowest BCUT2D eigenvalue weighted by molar-refractivity contribution is -0.0695. The summed E-state index contributed by atoms with van der Waals surface area (Å²) < 4.78 is 11.1. The number of aliphatic hydroxyl groups is 1. The predicted molar refractivity (Wildman–Crippen MR) is 79.7 cm³/mol. The van der Waals surface area contributed by atoms with Crippen LogP contribution in [0.5, 0.6) is 0 Å². The number of nitrogens with one attached hydrogen (secondary N) is 1. The average molecular weight is 289 g/mol. The summed E-state index contributed by atoms with van der Waals surface area (Å²) in [5.41, 5.74) is -0.754. The van der Waals surface area contributed by atoms with E-state index in [0.717, 1.165) is 24.4 Å². The molecule has 0 saturated carbocycles. The quantitative estimate of drug-likeness (QED) is 0.898. The number of rotatable bonds is 4. The minimum Gasteiger partial charge on any atom is -0.468 e. The highest BCUT2D eigenvalue weighted by Gasteiger charge is 2.46. The van der Waals surface area contributed by atoms with Gasteiger partial charge in [-0.2, -0.15) is 0 Å². The number of hydrogen-bond acceptors (Lipinski definition) is 4. The maximum atomic E-state index is 11.0. The molecular weight excluding hydrogens is 266 g/mol. The summed E-state index contributed by atoms with van der Waals surface area (Å²) in [4.78, 5) is 0. The molecule has 0 radical (unpaired) electrons. The Morgan fingerprint density at radius 3 is 2.48 bits per heavy atom. The zero-order valence-electron chi connectivity index (χ0n) is 12.6. The third kappa shape index (κ3) is 2.78. The fraction of sp³-hybridized carbons (Fsp3) is 0.529. The van der Waals surface area contributed by atoms with Crippen molar-refractivity contribution in [2.45, 2.75) is 50.8 Å². The molecule has 3 heterocycles. The molecule has 4 heteroatoms. The van der Waals surface area contributed by atoms with E-state index in [1.165, 1.54) is 0 Å². The van der Waals surface area contributed by atoms with Gasteiger partial charge in [-0.1, -0.05) is 13.3 Å². The van der Waals surface area contributed by atoms with Crippen LogP contribution in [0.3, 0.4) is 0 Å². The molecule has 0 aromatic carbocycles. The van der Waals surface area contributed by atoms with Crippen LogP contribution in [0.4, 0.5) is 0 Å². The molecule has 2 N–H and O–H groups in total. The SMILES string of the molecule is CCC[C@H]1[C@@H](c2ccco2)N[C@H](c2ccco2)C[C@@]1(C)O. The summed E-state index contributed by atoms with van der Waals surface area (Å²) in [6.07, 6.45) is 5.99. The molecule has 0 bridgehead atoms. The fourth-order valence-corrected chi connectivity index (χ4v) is 3.53. The van der Waals surface area contributed by atoms with Crippen LogP contribution < -0.4 is 5.32 Å². The zero-order valence-corrected chi connectivity index (χ0v) is 12.6. The molecule has 114 valence electrons. The molecule has 0 unspecified atom stereocenters. The van der Waals surface area contributed by atoms with Gasteiger partial charge >= 0.3 is 0 Å². The van der Waals surface area contributed by atoms with Crippen LogP contribution in [0, 0.1) is 5.92 Å². The normalized spacial score (nSPS) is 33.2. The maximum absolute atomic E-state index is 11.0. The van der Waals surface area contributed by atoms with E-state index in [1.54, 1.807) is 12.5 Å². The van der Waals surface area contributed by atoms with Gasteiger partial charge in [0.25, 0.3) is 0 Å². The van der Waals surface area contributed by atoms with Crippen LogP contribution in [0.1, 0.15) is 56.7 Å². The van der Waals surface area contributed by atoms with Gasteiger partial charge in [-0.3, -0.25) is 5.32 Å². The van der Waals surface area contributed by atoms with Gasteiger partial charge < -0.3 is 13.9 Å². The first-order valence-electron chi connectivity index (χ1n) is 7.67. The van der Waals surface area contributed by atoms with E-state index in [1.807, 2.05) is 31.2 Å².